The van der Waals surface area contributed by atoms with Crippen LogP contribution in [0.15, 0.2) is 36.4 Å². The molecular weight excluding hydrogens is 299 g/mol. The molecule has 0 radical (unpaired) electrons. The third-order valence-corrected chi connectivity index (χ3v) is 2.99. The maximum atomic E-state index is 13.5. The lowest BCUT2D eigenvalue weighted by atomic mass is 10.2. The van der Waals surface area contributed by atoms with Crippen LogP contribution in [-0.2, 0) is 5.88 Å². The molecule has 0 aliphatic heterocycles. The Bertz CT molecular complexity index is 743. The molecule has 2 aromatic rings. The van der Waals surface area contributed by atoms with Crippen LogP contribution in [0.2, 0.25) is 0 Å². The van der Waals surface area contributed by atoms with Crippen LogP contribution in [0.5, 0.6) is 11.5 Å². The molecule has 0 spiro atoms. The maximum absolute atomic E-state index is 13.5. The topological polar surface area (TPSA) is 76.2 Å². The van der Waals surface area contributed by atoms with E-state index in [-0.39, 0.29) is 28.6 Å². The van der Waals surface area contributed by atoms with Crippen molar-refractivity contribution < 1.29 is 14.1 Å². The first-order valence-corrected chi connectivity index (χ1v) is 6.30. The number of nitro benzene ring substituents is 1. The Labute approximate surface area is 124 Å². The normalized spacial score (nSPS) is 9.95. The van der Waals surface area contributed by atoms with Crippen LogP contribution in [0, 0.1) is 27.3 Å². The second kappa shape index (κ2) is 6.20. The summed E-state index contributed by atoms with van der Waals surface area (Å²) in [5.74, 6) is -0.464. The highest BCUT2D eigenvalue weighted by Crippen LogP contribution is 2.32. The maximum Gasteiger partial charge on any atom is 0.270 e. The van der Waals surface area contributed by atoms with Crippen LogP contribution in [0.25, 0.3) is 0 Å². The van der Waals surface area contributed by atoms with Gasteiger partial charge in [0.15, 0.2) is 0 Å². The van der Waals surface area contributed by atoms with E-state index in [9.17, 15) is 14.5 Å². The number of rotatable bonds is 4. The number of hydrogen-bond acceptors (Lipinski definition) is 4. The summed E-state index contributed by atoms with van der Waals surface area (Å²) in [7, 11) is 0. The van der Waals surface area contributed by atoms with Crippen molar-refractivity contribution in [2.45, 2.75) is 5.88 Å². The molecule has 0 heterocycles. The van der Waals surface area contributed by atoms with Crippen molar-refractivity contribution in [2.24, 2.45) is 0 Å². The number of benzene rings is 2. The fraction of sp³-hybridized carbons (Fsp3) is 0.0714. The first-order valence-electron chi connectivity index (χ1n) is 5.76. The van der Waals surface area contributed by atoms with Crippen LogP contribution in [0.1, 0.15) is 11.1 Å². The molecule has 106 valence electrons. The molecule has 0 saturated carbocycles. The van der Waals surface area contributed by atoms with Gasteiger partial charge in [-0.15, -0.1) is 11.6 Å². The molecule has 0 atom stereocenters. The van der Waals surface area contributed by atoms with E-state index in [1.165, 1.54) is 30.3 Å². The summed E-state index contributed by atoms with van der Waals surface area (Å²) in [6.07, 6.45) is 0. The Hall–Kier alpha value is -2.65. The van der Waals surface area contributed by atoms with E-state index in [2.05, 4.69) is 0 Å². The minimum atomic E-state index is -0.704. The number of nitrogens with zero attached hydrogens (tertiary/aromatic N) is 2. The fourth-order valence-corrected chi connectivity index (χ4v) is 1.91. The fourth-order valence-electron chi connectivity index (χ4n) is 1.70. The Morgan fingerprint density at radius 3 is 2.71 bits per heavy atom. The minimum absolute atomic E-state index is 0.0196. The van der Waals surface area contributed by atoms with Gasteiger partial charge >= 0.3 is 0 Å². The number of hydrogen-bond donors (Lipinski definition) is 0. The van der Waals surface area contributed by atoms with E-state index >= 15 is 0 Å². The Morgan fingerprint density at radius 2 is 2.10 bits per heavy atom. The summed E-state index contributed by atoms with van der Waals surface area (Å²) >= 11 is 5.74. The molecule has 21 heavy (non-hydrogen) atoms. The smallest absolute Gasteiger partial charge is 0.270 e. The van der Waals surface area contributed by atoms with Gasteiger partial charge in [-0.25, -0.2) is 4.39 Å². The number of non-ortho nitro benzene ring substituents is 1. The van der Waals surface area contributed by atoms with Crippen molar-refractivity contribution in [3.8, 4) is 17.6 Å². The van der Waals surface area contributed by atoms with E-state index in [0.717, 1.165) is 6.07 Å². The lowest BCUT2D eigenvalue weighted by molar-refractivity contribution is -0.384. The van der Waals surface area contributed by atoms with Crippen LogP contribution in [-0.4, -0.2) is 4.92 Å². The lowest BCUT2D eigenvalue weighted by Crippen LogP contribution is -1.96. The predicted octanol–water partition coefficient (Wildman–Crippen LogP) is 4.14. The van der Waals surface area contributed by atoms with Gasteiger partial charge in [-0.05, 0) is 18.2 Å². The zero-order valence-corrected chi connectivity index (χ0v) is 11.3. The molecule has 0 fully saturated rings. The van der Waals surface area contributed by atoms with Gasteiger partial charge in [0.05, 0.1) is 10.8 Å². The molecule has 5 nitrogen and oxygen atoms in total. The quantitative estimate of drug-likeness (QED) is 0.483. The van der Waals surface area contributed by atoms with E-state index < -0.39 is 10.7 Å². The van der Waals surface area contributed by atoms with Crippen LogP contribution >= 0.6 is 11.6 Å². The van der Waals surface area contributed by atoms with Gasteiger partial charge < -0.3 is 4.74 Å². The zero-order valence-electron chi connectivity index (χ0n) is 10.5. The van der Waals surface area contributed by atoms with Gasteiger partial charge in [0.2, 0.25) is 0 Å². The van der Waals surface area contributed by atoms with Gasteiger partial charge in [0.25, 0.3) is 5.69 Å². The standard InChI is InChI=1S/C14H8ClFN2O3/c15-7-9-6-10(18(19)20)4-5-13(9)21-14-3-1-2-12(16)11(14)8-17/h1-6H,7H2. The van der Waals surface area contributed by atoms with Crippen molar-refractivity contribution in [3.05, 3.63) is 63.5 Å². The summed E-state index contributed by atoms with van der Waals surface area (Å²) in [6, 6.07) is 9.57. The number of halogens is 2. The third-order valence-electron chi connectivity index (χ3n) is 2.71. The lowest BCUT2D eigenvalue weighted by Gasteiger charge is -2.10. The molecule has 7 heteroatoms. The molecule has 2 aromatic carbocycles. The summed E-state index contributed by atoms with van der Waals surface area (Å²) in [5.41, 5.74) is 0.00754. The van der Waals surface area contributed by atoms with Crippen molar-refractivity contribution in [2.75, 3.05) is 0 Å². The molecule has 0 saturated heterocycles. The zero-order chi connectivity index (χ0) is 15.4. The van der Waals surface area contributed by atoms with Crippen molar-refractivity contribution in [1.29, 1.82) is 5.26 Å². The van der Waals surface area contributed by atoms with E-state index in [1.807, 2.05) is 0 Å². The van der Waals surface area contributed by atoms with Crippen LogP contribution in [0.3, 0.4) is 0 Å². The summed E-state index contributed by atoms with van der Waals surface area (Å²) in [4.78, 5) is 10.2. The van der Waals surface area contributed by atoms with Crippen molar-refractivity contribution in [3.63, 3.8) is 0 Å². The molecule has 2 rings (SSSR count). The van der Waals surface area contributed by atoms with Gasteiger partial charge in [0, 0.05) is 17.7 Å². The molecule has 0 bridgehead atoms. The van der Waals surface area contributed by atoms with E-state index in [1.54, 1.807) is 6.07 Å². The highest BCUT2D eigenvalue weighted by Gasteiger charge is 2.15. The molecule has 0 aromatic heterocycles. The molecule has 0 N–H and O–H groups in total. The number of nitro groups is 1. The SMILES string of the molecule is N#Cc1c(F)cccc1Oc1ccc([N+](=O)[O-])cc1CCl. The van der Waals surface area contributed by atoms with Gasteiger partial charge in [-0.1, -0.05) is 6.07 Å². The van der Waals surface area contributed by atoms with E-state index in [0.29, 0.717) is 5.56 Å². The van der Waals surface area contributed by atoms with Crippen LogP contribution < -0.4 is 4.74 Å². The second-order valence-corrected chi connectivity index (χ2v) is 4.28. The van der Waals surface area contributed by atoms with Gasteiger partial charge in [-0.3, -0.25) is 10.1 Å². The minimum Gasteiger partial charge on any atom is -0.456 e. The molecular formula is C14H8ClFN2O3. The van der Waals surface area contributed by atoms with Gasteiger partial charge in [-0.2, -0.15) is 5.26 Å². The number of ether oxygens (including phenoxy) is 1. The highest BCUT2D eigenvalue weighted by atomic mass is 35.5. The summed E-state index contributed by atoms with van der Waals surface area (Å²) in [6.45, 7) is 0. The van der Waals surface area contributed by atoms with Gasteiger partial charge in [0.1, 0.15) is 28.9 Å². The molecule has 0 aliphatic rings. The Kier molecular flexibility index (Phi) is 4.36. The molecule has 0 unspecified atom stereocenters. The highest BCUT2D eigenvalue weighted by molar-refractivity contribution is 6.17. The first-order chi connectivity index (χ1) is 10.1. The molecule has 0 aliphatic carbocycles. The average molecular weight is 307 g/mol. The van der Waals surface area contributed by atoms with Crippen molar-refractivity contribution >= 4 is 17.3 Å². The van der Waals surface area contributed by atoms with E-state index in [4.69, 9.17) is 21.6 Å². The first kappa shape index (κ1) is 14.8. The number of alkyl halides is 1. The number of nitriles is 1. The van der Waals surface area contributed by atoms with Crippen molar-refractivity contribution in [1.82, 2.24) is 0 Å². The van der Waals surface area contributed by atoms with Crippen LogP contribution in [0.4, 0.5) is 10.1 Å². The largest absolute Gasteiger partial charge is 0.456 e. The average Bonchev–Trinajstić information content (AvgIpc) is 2.47. The second-order valence-electron chi connectivity index (χ2n) is 4.01. The summed E-state index contributed by atoms with van der Waals surface area (Å²) < 4.78 is 19.0. The Morgan fingerprint density at radius 1 is 1.33 bits per heavy atom. The third kappa shape index (κ3) is 3.09. The molecule has 0 amide bonds. The summed E-state index contributed by atoms with van der Waals surface area (Å²) in [5, 5.41) is 19.6. The predicted molar refractivity (Wildman–Crippen MR) is 73.8 cm³/mol. The monoisotopic (exact) mass is 306 g/mol. The Balaban J connectivity index is 2.43.